The maximum atomic E-state index is 11.3. The number of unbranched alkanes of at least 4 members (excludes halogenated alkanes) is 3. The zero-order valence-electron chi connectivity index (χ0n) is 11.2. The van der Waals surface area contributed by atoms with Crippen LogP contribution in [0.15, 0.2) is 30.3 Å². The number of nitrogens with one attached hydrogen (secondary N) is 1. The zero-order chi connectivity index (χ0) is 13.2. The number of rotatable bonds is 9. The molecule has 0 saturated carbocycles. The predicted molar refractivity (Wildman–Crippen MR) is 75.0 cm³/mol. The van der Waals surface area contributed by atoms with Crippen molar-refractivity contribution in [1.29, 1.82) is 0 Å². The van der Waals surface area contributed by atoms with E-state index in [4.69, 9.17) is 5.73 Å². The van der Waals surface area contributed by atoms with Gasteiger partial charge in [-0.1, -0.05) is 62.9 Å². The molecule has 0 aliphatic heterocycles. The smallest absolute Gasteiger partial charge is 0.234 e. The Morgan fingerprint density at radius 3 is 2.56 bits per heavy atom. The molecule has 0 heterocycles. The second kappa shape index (κ2) is 8.70. The lowest BCUT2D eigenvalue weighted by Gasteiger charge is -2.15. The number of primary amides is 1. The summed E-state index contributed by atoms with van der Waals surface area (Å²) in [5.74, 6) is -0.248. The maximum absolute atomic E-state index is 11.3. The van der Waals surface area contributed by atoms with E-state index in [0.717, 1.165) is 12.8 Å². The first-order valence-corrected chi connectivity index (χ1v) is 6.80. The molecule has 0 fully saturated rings. The van der Waals surface area contributed by atoms with Crippen LogP contribution in [0.2, 0.25) is 0 Å². The summed E-state index contributed by atoms with van der Waals surface area (Å²) in [5.41, 5.74) is 6.59. The van der Waals surface area contributed by atoms with Gasteiger partial charge in [0.15, 0.2) is 0 Å². The normalized spacial score (nSPS) is 12.3. The Morgan fingerprint density at radius 2 is 1.94 bits per heavy atom. The van der Waals surface area contributed by atoms with Gasteiger partial charge >= 0.3 is 0 Å². The summed E-state index contributed by atoms with van der Waals surface area (Å²) < 4.78 is 0. The Hall–Kier alpha value is -1.35. The molecule has 100 valence electrons. The highest BCUT2D eigenvalue weighted by Gasteiger charge is 2.13. The number of benzene rings is 1. The summed E-state index contributed by atoms with van der Waals surface area (Å²) in [7, 11) is 0. The number of carbonyl (C=O) groups is 1. The van der Waals surface area contributed by atoms with Crippen LogP contribution in [0.25, 0.3) is 0 Å². The highest BCUT2D eigenvalue weighted by molar-refractivity contribution is 5.79. The van der Waals surface area contributed by atoms with Crippen LogP contribution >= 0.6 is 0 Å². The molecule has 1 unspecified atom stereocenters. The van der Waals surface area contributed by atoms with Crippen molar-refractivity contribution in [2.45, 2.75) is 51.6 Å². The molecule has 0 spiro atoms. The topological polar surface area (TPSA) is 55.1 Å². The van der Waals surface area contributed by atoms with Crippen molar-refractivity contribution in [3.05, 3.63) is 35.9 Å². The van der Waals surface area contributed by atoms with Gasteiger partial charge in [-0.2, -0.15) is 0 Å². The van der Waals surface area contributed by atoms with Gasteiger partial charge < -0.3 is 11.1 Å². The molecule has 0 radical (unpaired) electrons. The quantitative estimate of drug-likeness (QED) is 0.660. The highest BCUT2D eigenvalue weighted by Crippen LogP contribution is 2.06. The van der Waals surface area contributed by atoms with Crippen LogP contribution in [0.1, 0.15) is 44.6 Å². The third-order valence-corrected chi connectivity index (χ3v) is 3.09. The van der Waals surface area contributed by atoms with Gasteiger partial charge in [0, 0.05) is 6.54 Å². The first kappa shape index (κ1) is 14.7. The first-order chi connectivity index (χ1) is 8.74. The van der Waals surface area contributed by atoms with Gasteiger partial charge in [0.2, 0.25) is 5.91 Å². The van der Waals surface area contributed by atoms with Crippen LogP contribution in [-0.2, 0) is 11.3 Å². The third kappa shape index (κ3) is 5.82. The summed E-state index contributed by atoms with van der Waals surface area (Å²) in [6.07, 6.45) is 5.50. The summed E-state index contributed by atoms with van der Waals surface area (Å²) >= 11 is 0. The predicted octanol–water partition coefficient (Wildman–Crippen LogP) is 2.60. The van der Waals surface area contributed by atoms with Gasteiger partial charge in [0.25, 0.3) is 0 Å². The minimum Gasteiger partial charge on any atom is -0.368 e. The van der Waals surface area contributed by atoms with Gasteiger partial charge in [-0.25, -0.2) is 0 Å². The Balaban J connectivity index is 2.32. The third-order valence-electron chi connectivity index (χ3n) is 3.09. The second-order valence-corrected chi connectivity index (χ2v) is 4.67. The van der Waals surface area contributed by atoms with Gasteiger partial charge in [-0.3, -0.25) is 4.79 Å². The fourth-order valence-corrected chi connectivity index (χ4v) is 1.96. The van der Waals surface area contributed by atoms with E-state index in [-0.39, 0.29) is 11.9 Å². The average molecular weight is 248 g/mol. The number of hydrogen-bond acceptors (Lipinski definition) is 2. The van der Waals surface area contributed by atoms with Gasteiger partial charge in [0.05, 0.1) is 6.04 Å². The molecule has 1 aromatic carbocycles. The molecular formula is C15H24N2O. The minimum atomic E-state index is -0.248. The number of nitrogens with two attached hydrogens (primary N) is 1. The monoisotopic (exact) mass is 248 g/mol. The van der Waals surface area contributed by atoms with E-state index in [1.807, 2.05) is 30.3 Å². The molecule has 1 atom stereocenters. The summed E-state index contributed by atoms with van der Waals surface area (Å²) in [5, 5.41) is 3.24. The number of amides is 1. The second-order valence-electron chi connectivity index (χ2n) is 4.67. The Kier molecular flexibility index (Phi) is 7.11. The Labute approximate surface area is 110 Å². The van der Waals surface area contributed by atoms with E-state index in [1.54, 1.807) is 0 Å². The molecule has 3 heteroatoms. The highest BCUT2D eigenvalue weighted by atomic mass is 16.1. The lowest BCUT2D eigenvalue weighted by atomic mass is 10.1. The number of carbonyl (C=O) groups excluding carboxylic acids is 1. The standard InChI is InChI=1S/C15H24N2O/c1-2-3-4-8-11-14(15(16)18)17-12-13-9-6-5-7-10-13/h5-7,9-10,14,17H,2-4,8,11-12H2,1H3,(H2,16,18). The molecule has 0 aliphatic carbocycles. The fraction of sp³-hybridized carbons (Fsp3) is 0.533. The molecule has 1 amide bonds. The molecule has 18 heavy (non-hydrogen) atoms. The largest absolute Gasteiger partial charge is 0.368 e. The summed E-state index contributed by atoms with van der Waals surface area (Å²) in [6, 6.07) is 9.86. The molecular weight excluding hydrogens is 224 g/mol. The summed E-state index contributed by atoms with van der Waals surface area (Å²) in [6.45, 7) is 2.88. The molecule has 0 aromatic heterocycles. The zero-order valence-corrected chi connectivity index (χ0v) is 11.2. The van der Waals surface area contributed by atoms with Gasteiger partial charge in [-0.15, -0.1) is 0 Å². The van der Waals surface area contributed by atoms with Crippen molar-refractivity contribution in [3.63, 3.8) is 0 Å². The molecule has 0 saturated heterocycles. The van der Waals surface area contributed by atoms with Crippen LogP contribution in [0.3, 0.4) is 0 Å². The Bertz CT molecular complexity index is 338. The van der Waals surface area contributed by atoms with Crippen LogP contribution in [0.4, 0.5) is 0 Å². The summed E-state index contributed by atoms with van der Waals surface area (Å²) in [4.78, 5) is 11.3. The lowest BCUT2D eigenvalue weighted by Crippen LogP contribution is -2.40. The van der Waals surface area contributed by atoms with Crippen LogP contribution in [0, 0.1) is 0 Å². The van der Waals surface area contributed by atoms with E-state index in [2.05, 4.69) is 12.2 Å². The van der Waals surface area contributed by atoms with E-state index >= 15 is 0 Å². The van der Waals surface area contributed by atoms with Crippen molar-refractivity contribution < 1.29 is 4.79 Å². The van der Waals surface area contributed by atoms with Crippen LogP contribution in [-0.4, -0.2) is 11.9 Å². The molecule has 1 rings (SSSR count). The average Bonchev–Trinajstić information content (AvgIpc) is 2.38. The minimum absolute atomic E-state index is 0.206. The van der Waals surface area contributed by atoms with Crippen LogP contribution < -0.4 is 11.1 Å². The molecule has 3 nitrogen and oxygen atoms in total. The lowest BCUT2D eigenvalue weighted by molar-refractivity contribution is -0.120. The van der Waals surface area contributed by atoms with Gasteiger partial charge in [-0.05, 0) is 12.0 Å². The first-order valence-electron chi connectivity index (χ1n) is 6.80. The van der Waals surface area contributed by atoms with Crippen molar-refractivity contribution in [2.24, 2.45) is 5.73 Å². The number of hydrogen-bond donors (Lipinski definition) is 2. The van der Waals surface area contributed by atoms with Crippen molar-refractivity contribution >= 4 is 5.91 Å². The van der Waals surface area contributed by atoms with Gasteiger partial charge in [0.1, 0.15) is 0 Å². The van der Waals surface area contributed by atoms with E-state index < -0.39 is 0 Å². The van der Waals surface area contributed by atoms with Crippen LogP contribution in [0.5, 0.6) is 0 Å². The molecule has 0 bridgehead atoms. The Morgan fingerprint density at radius 1 is 1.22 bits per heavy atom. The molecule has 1 aromatic rings. The maximum Gasteiger partial charge on any atom is 0.234 e. The van der Waals surface area contributed by atoms with E-state index in [1.165, 1.54) is 24.8 Å². The van der Waals surface area contributed by atoms with Crippen molar-refractivity contribution in [2.75, 3.05) is 0 Å². The van der Waals surface area contributed by atoms with E-state index in [9.17, 15) is 4.79 Å². The van der Waals surface area contributed by atoms with E-state index in [0.29, 0.717) is 6.54 Å². The fourth-order valence-electron chi connectivity index (χ4n) is 1.96. The SMILES string of the molecule is CCCCCCC(NCc1ccccc1)C(N)=O. The van der Waals surface area contributed by atoms with Crippen molar-refractivity contribution in [1.82, 2.24) is 5.32 Å². The molecule has 3 N–H and O–H groups in total. The molecule has 0 aliphatic rings. The van der Waals surface area contributed by atoms with Crippen molar-refractivity contribution in [3.8, 4) is 0 Å².